The predicted molar refractivity (Wildman–Crippen MR) is 103 cm³/mol. The van der Waals surface area contributed by atoms with Crippen LogP contribution < -0.4 is 10.4 Å². The minimum Gasteiger partial charge on any atom is -0.465 e. The first-order chi connectivity index (χ1) is 17.5. The Hall–Kier alpha value is -1.57. The van der Waals surface area contributed by atoms with Crippen molar-refractivity contribution in [2.24, 2.45) is 0 Å². The summed E-state index contributed by atoms with van der Waals surface area (Å²) in [6.07, 6.45) is 0. The maximum Gasteiger partial charge on any atom is 0.495 e. The van der Waals surface area contributed by atoms with E-state index in [2.05, 4.69) is 4.74 Å². The molecule has 2 aliphatic rings. The fourth-order valence-corrected chi connectivity index (χ4v) is 2.48. The van der Waals surface area contributed by atoms with Gasteiger partial charge in [0.15, 0.2) is 0 Å². The van der Waals surface area contributed by atoms with Crippen molar-refractivity contribution in [3.8, 4) is 0 Å². The zero-order chi connectivity index (χ0) is 31.3. The zero-order valence-corrected chi connectivity index (χ0v) is 14.8. The lowest BCUT2D eigenvalue weighted by Gasteiger charge is -2.34. The summed E-state index contributed by atoms with van der Waals surface area (Å²) in [6.45, 7) is -11.2. The molecule has 0 amide bonds. The lowest BCUT2D eigenvalue weighted by molar-refractivity contribution is 0.00578. The monoisotopic (exact) mass is 374 g/mol. The summed E-state index contributed by atoms with van der Waals surface area (Å²) in [7, 11) is -4.49. The molecule has 2 heterocycles. The van der Waals surface area contributed by atoms with Crippen LogP contribution in [0.15, 0.2) is 18.2 Å². The van der Waals surface area contributed by atoms with Crippen LogP contribution in [0.1, 0.15) is 57.2 Å². The number of nitrogens with zero attached hydrogens (tertiary/aromatic N) is 2. The summed E-state index contributed by atoms with van der Waals surface area (Å²) >= 11 is 0. The van der Waals surface area contributed by atoms with Gasteiger partial charge in [0.1, 0.15) is 0 Å². The van der Waals surface area contributed by atoms with Gasteiger partial charge in [-0.05, 0) is 52.3 Å². The Morgan fingerprint density at radius 1 is 1.19 bits per heavy atom. The maximum absolute atomic E-state index is 13.0. The molecule has 0 aromatic heterocycles. The number of piperazine rings is 1. The molecule has 1 aromatic rings. The highest BCUT2D eigenvalue weighted by Gasteiger charge is 2.52. The van der Waals surface area contributed by atoms with E-state index in [0.717, 1.165) is 18.2 Å². The van der Waals surface area contributed by atoms with Gasteiger partial charge in [0, 0.05) is 41.3 Å². The van der Waals surface area contributed by atoms with Crippen molar-refractivity contribution in [1.29, 1.82) is 0 Å². The van der Waals surface area contributed by atoms with E-state index in [1.54, 1.807) is 27.7 Å². The third-order valence-electron chi connectivity index (χ3n) is 4.66. The highest BCUT2D eigenvalue weighted by Crippen LogP contribution is 2.37. The van der Waals surface area contributed by atoms with Gasteiger partial charge in [-0.1, -0.05) is 6.07 Å². The first kappa shape index (κ1) is 8.21. The minimum atomic E-state index is -3.66. The van der Waals surface area contributed by atoms with Crippen LogP contribution in [0.3, 0.4) is 0 Å². The van der Waals surface area contributed by atoms with E-state index in [4.69, 9.17) is 28.5 Å². The van der Waals surface area contributed by atoms with Crippen molar-refractivity contribution in [3.63, 3.8) is 0 Å². The summed E-state index contributed by atoms with van der Waals surface area (Å²) in [4.78, 5) is 12.6. The number of carbonyl (C=O) groups excluding carboxylic acids is 1. The molecular formula is C19H29BN2O4. The quantitative estimate of drug-likeness (QED) is 0.591. The molecule has 142 valence electrons. The van der Waals surface area contributed by atoms with E-state index < -0.39 is 80.4 Å². The molecule has 0 saturated carbocycles. The van der Waals surface area contributed by atoms with Gasteiger partial charge in [-0.15, -0.1) is 0 Å². The molecule has 0 bridgehead atoms. The first-order valence-corrected chi connectivity index (χ1v) is 7.86. The average molecular weight is 374 g/mol. The largest absolute Gasteiger partial charge is 0.495 e. The second-order valence-corrected chi connectivity index (χ2v) is 6.87. The predicted octanol–water partition coefficient (Wildman–Crippen LogP) is 1.52. The molecule has 2 saturated heterocycles. The highest BCUT2D eigenvalue weighted by molar-refractivity contribution is 6.63. The number of esters is 1. The van der Waals surface area contributed by atoms with Crippen LogP contribution >= 0.6 is 0 Å². The lowest BCUT2D eigenvalue weighted by Crippen LogP contribution is -2.45. The first-order valence-electron chi connectivity index (χ1n) is 14.9. The van der Waals surface area contributed by atoms with Crippen LogP contribution in [-0.2, 0) is 14.0 Å². The number of anilines is 1. The maximum atomic E-state index is 13.0. The molecular weight excluding hydrogens is 331 g/mol. The molecule has 3 rings (SSSR count). The Kier molecular flexibility index (Phi) is 2.17. The van der Waals surface area contributed by atoms with Crippen LogP contribution in [0, 0.1) is 0 Å². The number of benzene rings is 1. The number of carbonyl (C=O) groups is 1. The standard InChI is InChI=1S/C19H29BN2O4/c1-18(2)19(3,4)26-20(25-18)16-8-7-14(13-15(16)17(23)24-6)22-11-9-21(5)10-12-22/h7-8,13H,9-12H2,1-6H3/i5D3,6D3,9D2,10D2,11D2,12D2. The normalized spacial score (nSPS) is 39.2. The molecule has 0 spiro atoms. The summed E-state index contributed by atoms with van der Waals surface area (Å²) in [5.41, 5.74) is -3.09. The number of rotatable bonds is 3. The Bertz CT molecular complexity index is 1140. The number of hydrogen-bond acceptors (Lipinski definition) is 6. The number of hydrogen-bond donors (Lipinski definition) is 0. The molecule has 2 fully saturated rings. The molecule has 1 aromatic carbocycles. The summed E-state index contributed by atoms with van der Waals surface area (Å²) < 4.78 is 128. The van der Waals surface area contributed by atoms with E-state index in [0.29, 0.717) is 0 Å². The number of methoxy groups -OCH3 is 1. The van der Waals surface area contributed by atoms with Crippen molar-refractivity contribution in [3.05, 3.63) is 23.8 Å². The Morgan fingerprint density at radius 2 is 1.85 bits per heavy atom. The van der Waals surface area contributed by atoms with Crippen LogP contribution in [0.25, 0.3) is 0 Å². The fraction of sp³-hybridized carbons (Fsp3) is 0.632. The molecule has 0 atom stereocenters. The molecule has 0 aliphatic carbocycles. The molecule has 0 radical (unpaired) electrons. The minimum absolute atomic E-state index is 0.0440. The van der Waals surface area contributed by atoms with E-state index >= 15 is 0 Å². The Balaban J connectivity index is 2.27. The molecule has 0 N–H and O–H groups in total. The second-order valence-electron chi connectivity index (χ2n) is 6.87. The van der Waals surface area contributed by atoms with E-state index in [1.807, 2.05) is 0 Å². The third-order valence-corrected chi connectivity index (χ3v) is 4.66. The smallest absolute Gasteiger partial charge is 0.465 e. The van der Waals surface area contributed by atoms with Gasteiger partial charge >= 0.3 is 13.1 Å². The van der Waals surface area contributed by atoms with Gasteiger partial charge in [-0.3, -0.25) is 0 Å². The van der Waals surface area contributed by atoms with E-state index in [9.17, 15) is 4.79 Å². The Morgan fingerprint density at radius 3 is 2.42 bits per heavy atom. The van der Waals surface area contributed by atoms with Gasteiger partial charge in [0.2, 0.25) is 0 Å². The molecule has 0 unspecified atom stereocenters. The van der Waals surface area contributed by atoms with Crippen LogP contribution in [0.2, 0.25) is 0 Å². The average Bonchev–Trinajstić information content (AvgIpc) is 2.90. The third kappa shape index (κ3) is 3.48. The van der Waals surface area contributed by atoms with Crippen molar-refractivity contribution in [2.45, 2.75) is 38.9 Å². The van der Waals surface area contributed by atoms with E-state index in [-0.39, 0.29) is 10.4 Å². The molecule has 2 aliphatic heterocycles. The van der Waals surface area contributed by atoms with Crippen molar-refractivity contribution in [1.82, 2.24) is 4.90 Å². The number of likely N-dealkylation sites (N-methyl/N-ethyl adjacent to an activating group) is 1. The summed E-state index contributed by atoms with van der Waals surface area (Å²) in [5.74, 6) is -1.46. The topological polar surface area (TPSA) is 51.2 Å². The fourth-order valence-electron chi connectivity index (χ4n) is 2.48. The zero-order valence-electron chi connectivity index (χ0n) is 28.8. The van der Waals surface area contributed by atoms with Crippen LogP contribution in [0.5, 0.6) is 0 Å². The van der Waals surface area contributed by atoms with Gasteiger partial charge < -0.3 is 23.8 Å². The highest BCUT2D eigenvalue weighted by atomic mass is 16.7. The summed E-state index contributed by atoms with van der Waals surface area (Å²) in [5, 5.41) is 0. The Labute approximate surface area is 176 Å². The van der Waals surface area contributed by atoms with Gasteiger partial charge in [-0.2, -0.15) is 0 Å². The lowest BCUT2D eigenvalue weighted by atomic mass is 9.75. The molecule has 26 heavy (non-hydrogen) atoms. The van der Waals surface area contributed by atoms with Crippen LogP contribution in [0.4, 0.5) is 5.69 Å². The van der Waals surface area contributed by atoms with Gasteiger partial charge in [0.25, 0.3) is 0 Å². The van der Waals surface area contributed by atoms with Crippen molar-refractivity contribution >= 4 is 24.2 Å². The SMILES string of the molecule is [2H]C([2H])([2H])OC(=O)c1cc(N2C([2H])([2H])C([2H])([2H])N(C([2H])([2H])[2H])C([2H])([2H])C2([2H])[2H])ccc1B1OC(C)(C)C(C)(C)O1. The van der Waals surface area contributed by atoms with Crippen molar-refractivity contribution < 1.29 is 38.0 Å². The molecule has 6 nitrogen and oxygen atoms in total. The van der Waals surface area contributed by atoms with E-state index in [1.165, 1.54) is 0 Å². The number of ether oxygens (including phenoxy) is 1. The van der Waals surface area contributed by atoms with Crippen LogP contribution in [-0.4, -0.2) is 69.2 Å². The van der Waals surface area contributed by atoms with Gasteiger partial charge in [0.05, 0.1) is 33.4 Å². The van der Waals surface area contributed by atoms with Gasteiger partial charge in [-0.25, -0.2) is 4.79 Å². The molecule has 7 heteroatoms. The van der Waals surface area contributed by atoms with Crippen molar-refractivity contribution in [2.75, 3.05) is 44.9 Å². The summed E-state index contributed by atoms with van der Waals surface area (Å²) in [6, 6.07) is 2.95. The second kappa shape index (κ2) is 6.87.